The number of carbonyl (C=O) groups is 1. The van der Waals surface area contributed by atoms with E-state index >= 15 is 0 Å². The van der Waals surface area contributed by atoms with Gasteiger partial charge in [-0.3, -0.25) is 9.69 Å². The highest BCUT2D eigenvalue weighted by Crippen LogP contribution is 2.23. The summed E-state index contributed by atoms with van der Waals surface area (Å²) in [5, 5.41) is 9.59. The molecule has 1 N–H and O–H groups in total. The van der Waals surface area contributed by atoms with Gasteiger partial charge in [-0.25, -0.2) is 9.97 Å². The van der Waals surface area contributed by atoms with Crippen molar-refractivity contribution in [1.82, 2.24) is 14.9 Å². The predicted molar refractivity (Wildman–Crippen MR) is 102 cm³/mol. The number of aryl methyl sites for hydroxylation is 1. The summed E-state index contributed by atoms with van der Waals surface area (Å²) in [6.45, 7) is 4.72. The zero-order valence-corrected chi connectivity index (χ0v) is 15.7. The fraction of sp³-hybridized carbons (Fsp3) is 0.450. The van der Waals surface area contributed by atoms with Crippen LogP contribution >= 0.6 is 11.6 Å². The second-order valence-corrected chi connectivity index (χ2v) is 7.44. The summed E-state index contributed by atoms with van der Waals surface area (Å²) in [5.74, 6) is 0.468. The Balaban J connectivity index is 1.69. The number of halogens is 1. The van der Waals surface area contributed by atoms with Gasteiger partial charge in [0.2, 0.25) is 0 Å². The van der Waals surface area contributed by atoms with E-state index in [2.05, 4.69) is 9.88 Å². The van der Waals surface area contributed by atoms with Crippen molar-refractivity contribution >= 4 is 17.6 Å². The average molecular weight is 374 g/mol. The summed E-state index contributed by atoms with van der Waals surface area (Å²) in [4.78, 5) is 22.5. The molecule has 2 aromatic rings. The van der Waals surface area contributed by atoms with Crippen LogP contribution in [-0.4, -0.2) is 39.0 Å². The molecule has 138 valence electrons. The van der Waals surface area contributed by atoms with E-state index in [0.717, 1.165) is 61.7 Å². The Kier molecular flexibility index (Phi) is 6.22. The zero-order chi connectivity index (χ0) is 18.5. The summed E-state index contributed by atoms with van der Waals surface area (Å²) >= 11 is 5.97. The number of carboxylic acid groups (broad SMARTS) is 1. The molecule has 1 aromatic heterocycles. The van der Waals surface area contributed by atoms with Gasteiger partial charge in [0, 0.05) is 35.8 Å². The summed E-state index contributed by atoms with van der Waals surface area (Å²) < 4.78 is 0. The topological polar surface area (TPSA) is 66.3 Å². The SMILES string of the molecule is Cc1cc(CN2CCCC(CCC(=O)O)C2)nc(-c2ccc(Cl)cc2)n1. The van der Waals surface area contributed by atoms with Gasteiger partial charge in [-0.05, 0) is 69.0 Å². The van der Waals surface area contributed by atoms with Crippen LogP contribution in [0.15, 0.2) is 30.3 Å². The van der Waals surface area contributed by atoms with Crippen LogP contribution in [0.25, 0.3) is 11.4 Å². The van der Waals surface area contributed by atoms with Crippen LogP contribution in [0.5, 0.6) is 0 Å². The molecule has 2 heterocycles. The second-order valence-electron chi connectivity index (χ2n) is 7.01. The zero-order valence-electron chi connectivity index (χ0n) is 15.0. The Morgan fingerprint density at radius 2 is 2.08 bits per heavy atom. The van der Waals surface area contributed by atoms with Gasteiger partial charge in [-0.15, -0.1) is 0 Å². The molecule has 3 rings (SSSR count). The van der Waals surface area contributed by atoms with E-state index in [4.69, 9.17) is 21.7 Å². The van der Waals surface area contributed by atoms with Crippen LogP contribution in [0.2, 0.25) is 5.02 Å². The third-order valence-corrected chi connectivity index (χ3v) is 5.02. The fourth-order valence-corrected chi connectivity index (χ4v) is 3.66. The standard InChI is InChI=1S/C20H24ClN3O2/c1-14-11-18(23-20(22-14)16-5-7-17(21)8-6-16)13-24-10-2-3-15(12-24)4-9-19(25)26/h5-8,11,15H,2-4,9-10,12-13H2,1H3,(H,25,26). The number of aliphatic carboxylic acids is 1. The molecule has 26 heavy (non-hydrogen) atoms. The normalized spacial score (nSPS) is 18.0. The summed E-state index contributed by atoms with van der Waals surface area (Å²) in [6.07, 6.45) is 3.23. The molecule has 5 nitrogen and oxygen atoms in total. The van der Waals surface area contributed by atoms with Crippen molar-refractivity contribution < 1.29 is 9.90 Å². The maximum atomic E-state index is 10.8. The van der Waals surface area contributed by atoms with Crippen molar-refractivity contribution in [3.8, 4) is 11.4 Å². The van der Waals surface area contributed by atoms with Crippen molar-refractivity contribution in [3.63, 3.8) is 0 Å². The van der Waals surface area contributed by atoms with Crippen molar-refractivity contribution in [2.24, 2.45) is 5.92 Å². The number of carboxylic acids is 1. The number of likely N-dealkylation sites (tertiary alicyclic amines) is 1. The molecule has 1 aliphatic heterocycles. The Labute approximate surface area is 159 Å². The number of piperidine rings is 1. The Morgan fingerprint density at radius 1 is 1.31 bits per heavy atom. The van der Waals surface area contributed by atoms with Crippen LogP contribution in [0.3, 0.4) is 0 Å². The van der Waals surface area contributed by atoms with E-state index in [1.807, 2.05) is 37.3 Å². The largest absolute Gasteiger partial charge is 0.481 e. The molecule has 0 amide bonds. The lowest BCUT2D eigenvalue weighted by Crippen LogP contribution is -2.35. The Bertz CT molecular complexity index is 764. The van der Waals surface area contributed by atoms with Crippen molar-refractivity contribution in [1.29, 1.82) is 0 Å². The van der Waals surface area contributed by atoms with Crippen molar-refractivity contribution in [2.45, 2.75) is 39.2 Å². The smallest absolute Gasteiger partial charge is 0.303 e. The number of hydrogen-bond acceptors (Lipinski definition) is 4. The summed E-state index contributed by atoms with van der Waals surface area (Å²) in [6, 6.07) is 9.59. The average Bonchev–Trinajstić information content (AvgIpc) is 2.60. The number of hydrogen-bond donors (Lipinski definition) is 1. The van der Waals surface area contributed by atoms with E-state index in [0.29, 0.717) is 10.9 Å². The van der Waals surface area contributed by atoms with Gasteiger partial charge < -0.3 is 5.11 Å². The number of aromatic nitrogens is 2. The summed E-state index contributed by atoms with van der Waals surface area (Å²) in [5.41, 5.74) is 2.90. The van der Waals surface area contributed by atoms with E-state index in [-0.39, 0.29) is 6.42 Å². The molecule has 1 saturated heterocycles. The van der Waals surface area contributed by atoms with Gasteiger partial charge in [-0.1, -0.05) is 11.6 Å². The minimum absolute atomic E-state index is 0.256. The van der Waals surface area contributed by atoms with Gasteiger partial charge >= 0.3 is 5.97 Å². The highest BCUT2D eigenvalue weighted by molar-refractivity contribution is 6.30. The molecule has 6 heteroatoms. The van der Waals surface area contributed by atoms with Crippen LogP contribution in [0.1, 0.15) is 37.1 Å². The third-order valence-electron chi connectivity index (χ3n) is 4.76. The highest BCUT2D eigenvalue weighted by atomic mass is 35.5. The van der Waals surface area contributed by atoms with Gasteiger partial charge in [-0.2, -0.15) is 0 Å². The first-order valence-electron chi connectivity index (χ1n) is 9.04. The molecule has 1 aromatic carbocycles. The first-order valence-corrected chi connectivity index (χ1v) is 9.42. The van der Waals surface area contributed by atoms with Crippen molar-refractivity contribution in [2.75, 3.05) is 13.1 Å². The lowest BCUT2D eigenvalue weighted by atomic mass is 9.93. The van der Waals surface area contributed by atoms with E-state index < -0.39 is 5.97 Å². The maximum Gasteiger partial charge on any atom is 0.303 e. The number of nitrogens with zero attached hydrogens (tertiary/aromatic N) is 3. The molecule has 0 saturated carbocycles. The monoisotopic (exact) mass is 373 g/mol. The first kappa shape index (κ1) is 18.8. The predicted octanol–water partition coefficient (Wildman–Crippen LogP) is 4.18. The van der Waals surface area contributed by atoms with Crippen LogP contribution in [0, 0.1) is 12.8 Å². The lowest BCUT2D eigenvalue weighted by molar-refractivity contribution is -0.137. The molecule has 1 unspecified atom stereocenters. The minimum atomic E-state index is -0.707. The third kappa shape index (κ3) is 5.26. The molecular weight excluding hydrogens is 350 g/mol. The van der Waals surface area contributed by atoms with E-state index in [1.165, 1.54) is 0 Å². The number of benzene rings is 1. The van der Waals surface area contributed by atoms with Crippen LogP contribution in [-0.2, 0) is 11.3 Å². The minimum Gasteiger partial charge on any atom is -0.481 e. The quantitative estimate of drug-likeness (QED) is 0.822. The lowest BCUT2D eigenvalue weighted by Gasteiger charge is -2.32. The highest BCUT2D eigenvalue weighted by Gasteiger charge is 2.21. The van der Waals surface area contributed by atoms with Gasteiger partial charge in [0.1, 0.15) is 0 Å². The van der Waals surface area contributed by atoms with Gasteiger partial charge in [0.25, 0.3) is 0 Å². The molecule has 0 aliphatic carbocycles. The number of rotatable bonds is 6. The Morgan fingerprint density at radius 3 is 2.81 bits per heavy atom. The van der Waals surface area contributed by atoms with Crippen molar-refractivity contribution in [3.05, 3.63) is 46.7 Å². The molecule has 1 aliphatic rings. The molecule has 1 atom stereocenters. The molecule has 0 bridgehead atoms. The molecule has 0 spiro atoms. The van der Waals surface area contributed by atoms with E-state index in [9.17, 15) is 4.79 Å². The maximum absolute atomic E-state index is 10.8. The van der Waals surface area contributed by atoms with Gasteiger partial charge in [0.15, 0.2) is 5.82 Å². The second kappa shape index (κ2) is 8.60. The van der Waals surface area contributed by atoms with E-state index in [1.54, 1.807) is 0 Å². The van der Waals surface area contributed by atoms with Crippen LogP contribution in [0.4, 0.5) is 0 Å². The molecule has 1 fully saturated rings. The molecule has 0 radical (unpaired) electrons. The fourth-order valence-electron chi connectivity index (χ4n) is 3.53. The Hall–Kier alpha value is -1.98. The summed E-state index contributed by atoms with van der Waals surface area (Å²) in [7, 11) is 0. The first-order chi connectivity index (χ1) is 12.5. The van der Waals surface area contributed by atoms with Crippen LogP contribution < -0.4 is 0 Å². The molecular formula is C20H24ClN3O2. The van der Waals surface area contributed by atoms with Gasteiger partial charge in [0.05, 0.1) is 5.69 Å².